The lowest BCUT2D eigenvalue weighted by atomic mass is 10.0. The van der Waals surface area contributed by atoms with E-state index in [9.17, 15) is 9.00 Å². The van der Waals surface area contributed by atoms with Crippen LogP contribution >= 0.6 is 0 Å². The van der Waals surface area contributed by atoms with E-state index < -0.39 is 16.6 Å². The van der Waals surface area contributed by atoms with Crippen molar-refractivity contribution in [3.8, 4) is 0 Å². The largest absolute Gasteiger partial charge is 0.444 e. The van der Waals surface area contributed by atoms with E-state index in [1.807, 2.05) is 20.8 Å². The first-order valence-electron chi connectivity index (χ1n) is 4.88. The highest BCUT2D eigenvalue weighted by Gasteiger charge is 2.34. The van der Waals surface area contributed by atoms with Gasteiger partial charge >= 0.3 is 6.09 Å². The van der Waals surface area contributed by atoms with Gasteiger partial charge in [0.1, 0.15) is 5.60 Å². The molecule has 1 amide bonds. The van der Waals surface area contributed by atoms with Gasteiger partial charge in [0.2, 0.25) is 0 Å². The van der Waals surface area contributed by atoms with Gasteiger partial charge in [-0.1, -0.05) is 0 Å². The lowest BCUT2D eigenvalue weighted by Gasteiger charge is -2.39. The van der Waals surface area contributed by atoms with E-state index in [2.05, 4.69) is 0 Å². The van der Waals surface area contributed by atoms with Gasteiger partial charge in [0.25, 0.3) is 0 Å². The zero-order valence-electron chi connectivity index (χ0n) is 9.36. The van der Waals surface area contributed by atoms with Gasteiger partial charge in [0.05, 0.1) is 11.0 Å². The molecule has 0 aromatic heterocycles. The fourth-order valence-electron chi connectivity index (χ4n) is 1.38. The summed E-state index contributed by atoms with van der Waals surface area (Å²) in [5, 5.41) is 5.16. The molecule has 1 saturated heterocycles. The van der Waals surface area contributed by atoms with Crippen LogP contribution in [0.2, 0.25) is 0 Å². The van der Waals surface area contributed by atoms with Crippen molar-refractivity contribution < 1.29 is 13.7 Å². The summed E-state index contributed by atoms with van der Waals surface area (Å²) in [5.74, 6) is 0.711. The maximum absolute atomic E-state index is 11.5. The van der Waals surface area contributed by atoms with Gasteiger partial charge in [-0.2, -0.15) is 0 Å². The van der Waals surface area contributed by atoms with Crippen molar-refractivity contribution in [3.05, 3.63) is 0 Å². The second-order valence-corrected chi connectivity index (χ2v) is 5.89. The molecule has 1 rings (SSSR count). The van der Waals surface area contributed by atoms with Gasteiger partial charge in [0.15, 0.2) is 0 Å². The first-order valence-corrected chi connectivity index (χ1v) is 6.27. The number of carbonyl (C=O) groups is 1. The van der Waals surface area contributed by atoms with E-state index in [-0.39, 0.29) is 12.0 Å². The molecular formula is C9H18N2O3S. The molecule has 0 radical (unpaired) electrons. The molecule has 0 aliphatic carbocycles. The van der Waals surface area contributed by atoms with Crippen LogP contribution in [-0.2, 0) is 15.7 Å². The summed E-state index contributed by atoms with van der Waals surface area (Å²) in [5.41, 5.74) is -0.459. The first kappa shape index (κ1) is 12.4. The molecule has 15 heavy (non-hydrogen) atoms. The highest BCUT2D eigenvalue weighted by molar-refractivity contribution is 7.82. The SMILES string of the molecule is CC(C)(C)OC(=O)N1CC(CS(N)=O)C1. The highest BCUT2D eigenvalue weighted by atomic mass is 32.2. The molecule has 1 fully saturated rings. The molecule has 0 bridgehead atoms. The third-order valence-electron chi connectivity index (χ3n) is 2.01. The fraction of sp³-hybridized carbons (Fsp3) is 0.889. The molecule has 0 aromatic rings. The summed E-state index contributed by atoms with van der Waals surface area (Å²) in [6, 6.07) is 0. The van der Waals surface area contributed by atoms with E-state index in [0.717, 1.165) is 0 Å². The number of nitrogens with two attached hydrogens (primary N) is 1. The van der Waals surface area contributed by atoms with Crippen molar-refractivity contribution in [2.45, 2.75) is 26.4 Å². The molecule has 0 saturated carbocycles. The summed E-state index contributed by atoms with van der Waals surface area (Å²) < 4.78 is 15.9. The van der Waals surface area contributed by atoms with E-state index in [0.29, 0.717) is 18.8 Å². The molecule has 0 spiro atoms. The molecule has 1 atom stereocenters. The van der Waals surface area contributed by atoms with Gasteiger partial charge in [-0.25, -0.2) is 9.00 Å². The molecule has 0 aromatic carbocycles. The predicted molar refractivity (Wildman–Crippen MR) is 58.5 cm³/mol. The Labute approximate surface area is 92.5 Å². The molecule has 1 aliphatic rings. The summed E-state index contributed by atoms with van der Waals surface area (Å²) in [7, 11) is -1.27. The standard InChI is InChI=1S/C9H18N2O3S/c1-9(2,3)14-8(12)11-4-7(5-11)6-15(10)13/h7H,4-6,10H2,1-3H3. The molecule has 88 valence electrons. The van der Waals surface area contributed by atoms with Gasteiger partial charge in [0, 0.05) is 24.8 Å². The van der Waals surface area contributed by atoms with Crippen molar-refractivity contribution in [1.82, 2.24) is 4.90 Å². The minimum absolute atomic E-state index is 0.253. The Morgan fingerprint density at radius 1 is 1.53 bits per heavy atom. The third-order valence-corrected chi connectivity index (χ3v) is 2.81. The quantitative estimate of drug-likeness (QED) is 0.755. The first-order chi connectivity index (χ1) is 6.78. The Morgan fingerprint density at radius 3 is 2.47 bits per heavy atom. The average molecular weight is 234 g/mol. The minimum Gasteiger partial charge on any atom is -0.444 e. The predicted octanol–water partition coefficient (Wildman–Crippen LogP) is 0.476. The van der Waals surface area contributed by atoms with Crippen LogP contribution in [0.25, 0.3) is 0 Å². The summed E-state index contributed by atoms with van der Waals surface area (Å²) in [4.78, 5) is 13.1. The summed E-state index contributed by atoms with van der Waals surface area (Å²) in [6.07, 6.45) is -0.304. The van der Waals surface area contributed by atoms with Gasteiger partial charge < -0.3 is 9.64 Å². The van der Waals surface area contributed by atoms with Crippen LogP contribution in [0.4, 0.5) is 4.79 Å². The van der Waals surface area contributed by atoms with Crippen molar-refractivity contribution in [1.29, 1.82) is 0 Å². The topological polar surface area (TPSA) is 72.6 Å². The maximum Gasteiger partial charge on any atom is 0.410 e. The third kappa shape index (κ3) is 4.17. The Kier molecular flexibility index (Phi) is 3.72. The molecule has 1 aliphatic heterocycles. The molecule has 1 unspecified atom stereocenters. The molecule has 2 N–H and O–H groups in total. The molecule has 6 heteroatoms. The van der Waals surface area contributed by atoms with Crippen LogP contribution in [0.5, 0.6) is 0 Å². The Morgan fingerprint density at radius 2 is 2.07 bits per heavy atom. The van der Waals surface area contributed by atoms with E-state index in [1.165, 1.54) is 0 Å². The smallest absolute Gasteiger partial charge is 0.410 e. The van der Waals surface area contributed by atoms with Gasteiger partial charge in [-0.05, 0) is 20.8 Å². The minimum atomic E-state index is -1.27. The molecule has 1 heterocycles. The Balaban J connectivity index is 2.27. The van der Waals surface area contributed by atoms with Gasteiger partial charge in [-0.3, -0.25) is 5.14 Å². The van der Waals surface area contributed by atoms with Crippen molar-refractivity contribution in [2.75, 3.05) is 18.8 Å². The fourth-order valence-corrected chi connectivity index (χ4v) is 2.06. The van der Waals surface area contributed by atoms with Crippen molar-refractivity contribution in [3.63, 3.8) is 0 Å². The van der Waals surface area contributed by atoms with Crippen LogP contribution in [-0.4, -0.2) is 39.6 Å². The number of hydrogen-bond acceptors (Lipinski definition) is 3. The number of nitrogens with zero attached hydrogens (tertiary/aromatic N) is 1. The zero-order valence-corrected chi connectivity index (χ0v) is 10.2. The van der Waals surface area contributed by atoms with Crippen LogP contribution in [0.15, 0.2) is 0 Å². The Hall–Kier alpha value is -0.620. The Bertz CT molecular complexity index is 269. The maximum atomic E-state index is 11.5. The van der Waals surface area contributed by atoms with E-state index in [1.54, 1.807) is 4.90 Å². The normalized spacial score (nSPS) is 19.6. The van der Waals surface area contributed by atoms with Crippen molar-refractivity contribution >= 4 is 17.1 Å². The molecular weight excluding hydrogens is 216 g/mol. The van der Waals surface area contributed by atoms with Gasteiger partial charge in [-0.15, -0.1) is 0 Å². The van der Waals surface area contributed by atoms with Crippen LogP contribution in [0.1, 0.15) is 20.8 Å². The van der Waals surface area contributed by atoms with E-state index in [4.69, 9.17) is 9.88 Å². The second-order valence-electron chi connectivity index (χ2n) is 4.80. The second kappa shape index (κ2) is 4.49. The lowest BCUT2D eigenvalue weighted by Crippen LogP contribution is -2.53. The monoisotopic (exact) mass is 234 g/mol. The summed E-state index contributed by atoms with van der Waals surface area (Å²) >= 11 is 0. The highest BCUT2D eigenvalue weighted by Crippen LogP contribution is 2.19. The van der Waals surface area contributed by atoms with Crippen LogP contribution < -0.4 is 5.14 Å². The molecule has 5 nitrogen and oxygen atoms in total. The van der Waals surface area contributed by atoms with E-state index >= 15 is 0 Å². The summed E-state index contributed by atoms with van der Waals surface area (Å²) in [6.45, 7) is 6.68. The van der Waals surface area contributed by atoms with Crippen molar-refractivity contribution in [2.24, 2.45) is 11.1 Å². The number of carbonyl (C=O) groups excluding carboxylic acids is 1. The number of hydrogen-bond donors (Lipinski definition) is 1. The number of amides is 1. The average Bonchev–Trinajstić information content (AvgIpc) is 1.91. The lowest BCUT2D eigenvalue weighted by molar-refractivity contribution is 0.00203. The number of rotatable bonds is 2. The number of likely N-dealkylation sites (tertiary alicyclic amines) is 1. The number of ether oxygens (including phenoxy) is 1. The zero-order chi connectivity index (χ0) is 11.6. The van der Waals surface area contributed by atoms with Crippen LogP contribution in [0.3, 0.4) is 0 Å². The van der Waals surface area contributed by atoms with Crippen LogP contribution in [0, 0.1) is 5.92 Å².